The van der Waals surface area contributed by atoms with Crippen LogP contribution < -0.4 is 0 Å². The monoisotopic (exact) mass is 1070 g/mol. The van der Waals surface area contributed by atoms with Gasteiger partial charge in [0, 0.05) is 0 Å². The summed E-state index contributed by atoms with van der Waals surface area (Å²) in [5.41, 5.74) is 0. The largest absolute Gasteiger partial charge is 0.437 e. The summed E-state index contributed by atoms with van der Waals surface area (Å²) >= 11 is 0. The van der Waals surface area contributed by atoms with E-state index in [1.54, 1.807) is 0 Å². The van der Waals surface area contributed by atoms with Crippen molar-refractivity contribution < 1.29 is 54.9 Å². The van der Waals surface area contributed by atoms with Gasteiger partial charge in [-0.05, 0) is 149 Å². The minimum Gasteiger partial charge on any atom is -0.437 e. The summed E-state index contributed by atoms with van der Waals surface area (Å²) in [7, 11) is -13.0. The van der Waals surface area contributed by atoms with Gasteiger partial charge in [-0.15, -0.1) is 0 Å². The highest BCUT2D eigenvalue weighted by molar-refractivity contribution is 7.81. The Morgan fingerprint density at radius 1 is 0.484 bits per heavy atom. The van der Waals surface area contributed by atoms with Crippen molar-refractivity contribution in [3.63, 3.8) is 0 Å². The average Bonchev–Trinajstić information content (AvgIpc) is 3.10. The molecule has 0 aliphatic carbocycles. The predicted molar refractivity (Wildman–Crippen MR) is 296 cm³/mol. The fourth-order valence-corrected chi connectivity index (χ4v) is 35.4. The summed E-state index contributed by atoms with van der Waals surface area (Å²) in [5.74, 6) is 0. The molecular weight excluding hydrogens is 957 g/mol. The van der Waals surface area contributed by atoms with Crippen LogP contribution in [0.4, 0.5) is 0 Å². The molecule has 1 N–H and O–H groups in total. The molecule has 64 heavy (non-hydrogen) atoms. The summed E-state index contributed by atoms with van der Waals surface area (Å²) in [6, 6.07) is 5.00. The van der Waals surface area contributed by atoms with Crippen molar-refractivity contribution in [1.29, 1.82) is 0 Å². The van der Waals surface area contributed by atoms with Crippen LogP contribution in [0.3, 0.4) is 0 Å². The number of hydrogen-bond acceptors (Lipinski definition) is 12. The lowest BCUT2D eigenvalue weighted by Gasteiger charge is -2.39. The molecule has 14 nitrogen and oxygen atoms in total. The SMILES string of the molecule is C.C.C.C.CCCC[Si](C)(C)O[Si](C)(C)O[Si](C)(C)CCCN(CC)CC.CCCC[Si](C)(C)O[Si](C)(C)O[Si](C)(C)CCC[N+](C)(CC)CC.COS(=O)(=O)O.COS(=O)(=O)OC. The summed E-state index contributed by atoms with van der Waals surface area (Å²) in [6.07, 6.45) is 7.62. The molecule has 0 saturated heterocycles. The molecule has 0 aromatic heterocycles. The van der Waals surface area contributed by atoms with E-state index in [2.05, 4.69) is 145 Å². The molecular formula is C42H115N2O12S2Si6+. The first-order valence-corrected chi connectivity index (χ1v) is 43.0. The van der Waals surface area contributed by atoms with E-state index in [0.717, 1.165) is 34.4 Å². The Labute approximate surface area is 408 Å². The molecule has 0 radical (unpaired) electrons. The Bertz CT molecular complexity index is 1300. The van der Waals surface area contributed by atoms with Gasteiger partial charge in [0.1, 0.15) is 0 Å². The Hall–Kier alpha value is 0.801. The minimum absolute atomic E-state index is 0. The molecule has 0 unspecified atom stereocenters. The van der Waals surface area contributed by atoms with E-state index in [0.29, 0.717) is 0 Å². The standard InChI is InChI=1S/C18H46NO2Si3.C17H43NO2Si3.C2H6O4S.CH4O4S.4CH4/c1-11-14-17-22(5,6)20-24(9,10)21-23(7,8)18-15-16-19(4,12-2)13-3;1-10-13-16-21(4,5)19-23(8,9)20-22(6,7)17-14-15-18(11-2)12-3;1-5-7(3,4)6-2;1-5-6(2,3)4;;;;/h11-18H2,1-10H3;10-17H2,1-9H3;1-2H3;1H3,(H,2,3,4);4*1H4/q+1;;;;;;;. The molecule has 0 aromatic rings. The highest BCUT2D eigenvalue weighted by Crippen LogP contribution is 2.28. The van der Waals surface area contributed by atoms with Gasteiger partial charge < -0.3 is 25.8 Å². The Balaban J connectivity index is -0.000000122. The molecule has 0 fully saturated rings. The molecule has 22 heteroatoms. The Morgan fingerprint density at radius 2 is 0.750 bits per heavy atom. The normalized spacial score (nSPS) is 12.7. The van der Waals surface area contributed by atoms with Gasteiger partial charge in [-0.3, -0.25) is 17.1 Å². The Morgan fingerprint density at radius 3 is 0.953 bits per heavy atom. The van der Waals surface area contributed by atoms with E-state index in [9.17, 15) is 16.8 Å². The van der Waals surface area contributed by atoms with Crippen molar-refractivity contribution in [2.45, 2.75) is 213 Å². The molecule has 0 aliphatic heterocycles. The number of rotatable bonds is 29. The third-order valence-electron chi connectivity index (χ3n) is 10.1. The number of unbranched alkanes of at least 4 members (excludes halogenated alkanes) is 2. The summed E-state index contributed by atoms with van der Waals surface area (Å²) < 4.78 is 85.0. The minimum atomic E-state index is -4.16. The first-order chi connectivity index (χ1) is 27.0. The molecule has 0 atom stereocenters. The van der Waals surface area contributed by atoms with Gasteiger partial charge in [0.25, 0.3) is 0 Å². The topological polar surface area (TPSA) is 156 Å². The van der Waals surface area contributed by atoms with Gasteiger partial charge in [-0.1, -0.05) is 83.1 Å². The fourth-order valence-electron chi connectivity index (χ4n) is 6.87. The summed E-state index contributed by atoms with van der Waals surface area (Å²) in [6.45, 7) is 48.8. The first-order valence-electron chi connectivity index (χ1n) is 22.2. The second-order valence-corrected chi connectivity index (χ2v) is 46.6. The van der Waals surface area contributed by atoms with Gasteiger partial charge in [-0.2, -0.15) is 16.8 Å². The highest BCUT2D eigenvalue weighted by Gasteiger charge is 2.40. The zero-order chi connectivity index (χ0) is 48.3. The first kappa shape index (κ1) is 81.8. The van der Waals surface area contributed by atoms with E-state index >= 15 is 0 Å². The smallest absolute Gasteiger partial charge is 0.399 e. The molecule has 0 saturated carbocycles. The van der Waals surface area contributed by atoms with Crippen LogP contribution in [0.25, 0.3) is 0 Å². The summed E-state index contributed by atoms with van der Waals surface area (Å²) in [5, 5.41) is 0. The van der Waals surface area contributed by atoms with Gasteiger partial charge in [0.2, 0.25) is 0 Å². The molecule has 0 spiro atoms. The van der Waals surface area contributed by atoms with Crippen molar-refractivity contribution in [3.8, 4) is 0 Å². The highest BCUT2D eigenvalue weighted by atomic mass is 32.3. The zero-order valence-corrected chi connectivity index (χ0v) is 50.6. The van der Waals surface area contributed by atoms with Crippen molar-refractivity contribution in [2.24, 2.45) is 0 Å². The van der Waals surface area contributed by atoms with Gasteiger partial charge >= 0.3 is 37.9 Å². The van der Waals surface area contributed by atoms with Crippen LogP contribution in [-0.4, -0.2) is 149 Å². The van der Waals surface area contributed by atoms with Crippen molar-refractivity contribution in [3.05, 3.63) is 0 Å². The molecule has 0 heterocycles. The lowest BCUT2D eigenvalue weighted by molar-refractivity contribution is -0.906. The van der Waals surface area contributed by atoms with E-state index in [-0.39, 0.29) is 29.7 Å². The lowest BCUT2D eigenvalue weighted by Crippen LogP contribution is -2.52. The fraction of sp³-hybridized carbons (Fsp3) is 1.00. The maximum absolute atomic E-state index is 9.92. The van der Waals surface area contributed by atoms with Gasteiger partial charge in [0.05, 0.1) is 48.0 Å². The van der Waals surface area contributed by atoms with Crippen LogP contribution in [0.1, 0.15) is 110 Å². The molecule has 0 amide bonds. The quantitative estimate of drug-likeness (QED) is 0.0429. The predicted octanol–water partition coefficient (Wildman–Crippen LogP) is 13.0. The van der Waals surface area contributed by atoms with Crippen molar-refractivity contribution in [1.82, 2.24) is 4.90 Å². The van der Waals surface area contributed by atoms with E-state index in [1.807, 2.05) is 0 Å². The Kier molecular flexibility index (Phi) is 49.2. The summed E-state index contributed by atoms with van der Waals surface area (Å²) in [4.78, 5) is 2.50. The molecule has 0 aliphatic rings. The van der Waals surface area contributed by atoms with Gasteiger partial charge in [-0.25, -0.2) is 0 Å². The number of nitrogens with zero attached hydrogens (tertiary/aromatic N) is 2. The average molecular weight is 1070 g/mol. The molecule has 400 valence electrons. The van der Waals surface area contributed by atoms with Crippen LogP contribution in [0.2, 0.25) is 103 Å². The van der Waals surface area contributed by atoms with Crippen LogP contribution in [0.15, 0.2) is 0 Å². The second kappa shape index (κ2) is 38.5. The van der Waals surface area contributed by atoms with Crippen molar-refractivity contribution >= 4 is 71.2 Å². The second-order valence-electron chi connectivity index (χ2n) is 19.0. The third kappa shape index (κ3) is 50.7. The van der Waals surface area contributed by atoms with Crippen LogP contribution >= 0.6 is 0 Å². The van der Waals surface area contributed by atoms with Crippen LogP contribution in [-0.2, 0) is 49.8 Å². The molecule has 0 bridgehead atoms. The van der Waals surface area contributed by atoms with Crippen LogP contribution in [0.5, 0.6) is 0 Å². The van der Waals surface area contributed by atoms with E-state index in [1.165, 1.54) is 93.4 Å². The maximum Gasteiger partial charge on any atom is 0.399 e. The lowest BCUT2D eigenvalue weighted by atomic mass is 10.3. The molecule has 0 rings (SSSR count). The molecule has 0 aromatic carbocycles. The third-order valence-corrected chi connectivity index (χ3v) is 34.3. The van der Waals surface area contributed by atoms with E-state index in [4.69, 9.17) is 21.0 Å². The van der Waals surface area contributed by atoms with E-state index < -0.39 is 71.2 Å². The zero-order valence-electron chi connectivity index (χ0n) is 43.0. The number of hydrogen-bond donors (Lipinski definition) is 1. The van der Waals surface area contributed by atoms with Gasteiger partial charge in [0.15, 0.2) is 33.3 Å². The van der Waals surface area contributed by atoms with Crippen LogP contribution in [0, 0.1) is 0 Å². The maximum atomic E-state index is 9.92. The number of quaternary nitrogens is 1. The van der Waals surface area contributed by atoms with Crippen molar-refractivity contribution in [2.75, 3.05) is 67.6 Å².